The monoisotopic (exact) mass is 395 g/mol. The van der Waals surface area contributed by atoms with Crippen LogP contribution in [0.2, 0.25) is 0 Å². The second-order valence-corrected chi connectivity index (χ2v) is 6.79. The average molecular weight is 396 g/mol. The molecule has 0 N–H and O–H groups in total. The van der Waals surface area contributed by atoms with Crippen molar-refractivity contribution in [2.24, 2.45) is 0 Å². The van der Waals surface area contributed by atoms with Gasteiger partial charge in [0.05, 0.1) is 11.3 Å². The van der Waals surface area contributed by atoms with Gasteiger partial charge in [-0.05, 0) is 41.9 Å². The predicted molar refractivity (Wildman–Crippen MR) is 95.2 cm³/mol. The van der Waals surface area contributed by atoms with E-state index in [2.05, 4.69) is 32.7 Å². The maximum Gasteiger partial charge on any atom is 0.277 e. The molecular formula is C16H18BrN3O2S. The predicted octanol–water partition coefficient (Wildman–Crippen LogP) is 4.02. The third-order valence-electron chi connectivity index (χ3n) is 3.03. The summed E-state index contributed by atoms with van der Waals surface area (Å²) in [6.07, 6.45) is 0. The van der Waals surface area contributed by atoms with Gasteiger partial charge in [-0.2, -0.15) is 0 Å². The van der Waals surface area contributed by atoms with Gasteiger partial charge in [0.1, 0.15) is 0 Å². The minimum atomic E-state index is 0.0288. The summed E-state index contributed by atoms with van der Waals surface area (Å²) >= 11 is 4.70. The first-order valence-corrected chi connectivity index (χ1v) is 8.92. The van der Waals surface area contributed by atoms with Gasteiger partial charge in [-0.3, -0.25) is 4.79 Å². The van der Waals surface area contributed by atoms with Crippen molar-refractivity contribution in [3.05, 3.63) is 40.9 Å². The number of amides is 1. The van der Waals surface area contributed by atoms with Crippen molar-refractivity contribution < 1.29 is 9.21 Å². The van der Waals surface area contributed by atoms with E-state index in [4.69, 9.17) is 4.42 Å². The van der Waals surface area contributed by atoms with E-state index in [1.807, 2.05) is 38.1 Å². The molecule has 7 heteroatoms. The summed E-state index contributed by atoms with van der Waals surface area (Å²) in [5, 5.41) is 8.41. The average Bonchev–Trinajstić information content (AvgIpc) is 2.99. The zero-order chi connectivity index (χ0) is 16.8. The van der Waals surface area contributed by atoms with Gasteiger partial charge in [0.15, 0.2) is 0 Å². The van der Waals surface area contributed by atoms with Crippen LogP contribution < -0.4 is 0 Å². The number of nitrogens with zero attached hydrogens (tertiary/aromatic N) is 3. The zero-order valence-corrected chi connectivity index (χ0v) is 15.5. The Balaban J connectivity index is 1.98. The molecule has 0 aliphatic heterocycles. The normalized spacial score (nSPS) is 10.6. The molecule has 5 nitrogen and oxygen atoms in total. The largest absolute Gasteiger partial charge is 0.411 e. The van der Waals surface area contributed by atoms with Crippen LogP contribution in [0.3, 0.4) is 0 Å². The summed E-state index contributed by atoms with van der Waals surface area (Å²) in [6, 6.07) is 7.62. The van der Waals surface area contributed by atoms with Crippen LogP contribution in [0, 0.1) is 0 Å². The van der Waals surface area contributed by atoms with E-state index < -0.39 is 0 Å². The fraction of sp³-hybridized carbons (Fsp3) is 0.312. The highest BCUT2D eigenvalue weighted by molar-refractivity contribution is 9.10. The molecule has 0 atom stereocenters. The lowest BCUT2D eigenvalue weighted by Crippen LogP contribution is -2.33. The summed E-state index contributed by atoms with van der Waals surface area (Å²) in [4.78, 5) is 13.9. The Labute approximate surface area is 148 Å². The Morgan fingerprint density at radius 1 is 1.39 bits per heavy atom. The summed E-state index contributed by atoms with van der Waals surface area (Å²) in [5.41, 5.74) is 1.79. The number of carbonyl (C=O) groups excluding carboxylic acids is 1. The molecule has 0 saturated heterocycles. The summed E-state index contributed by atoms with van der Waals surface area (Å²) in [5.74, 6) is 0.724. The number of hydrogen-bond acceptors (Lipinski definition) is 5. The second-order valence-electron chi connectivity index (χ2n) is 5.01. The number of carbonyl (C=O) groups is 1. The molecule has 0 unspecified atom stereocenters. The molecule has 0 bridgehead atoms. The van der Waals surface area contributed by atoms with Gasteiger partial charge in [0.25, 0.3) is 5.22 Å². The molecule has 2 rings (SSSR count). The highest BCUT2D eigenvalue weighted by Gasteiger charge is 2.16. The van der Waals surface area contributed by atoms with Crippen LogP contribution in [0.5, 0.6) is 0 Å². The number of likely N-dealkylation sites (N-methyl/N-ethyl adjacent to an activating group) is 1. The Morgan fingerprint density at radius 3 is 2.78 bits per heavy atom. The minimum absolute atomic E-state index is 0.0288. The van der Waals surface area contributed by atoms with Crippen molar-refractivity contribution in [2.75, 3.05) is 18.8 Å². The van der Waals surface area contributed by atoms with Crippen molar-refractivity contribution in [3.63, 3.8) is 0 Å². The van der Waals surface area contributed by atoms with Crippen molar-refractivity contribution in [1.82, 2.24) is 15.1 Å². The molecule has 0 radical (unpaired) electrons. The summed E-state index contributed by atoms with van der Waals surface area (Å²) in [6.45, 7) is 8.92. The van der Waals surface area contributed by atoms with Gasteiger partial charge in [-0.25, -0.2) is 0 Å². The molecule has 0 fully saturated rings. The molecule has 1 heterocycles. The van der Waals surface area contributed by atoms with E-state index in [0.717, 1.165) is 15.6 Å². The fourth-order valence-electron chi connectivity index (χ4n) is 1.93. The van der Waals surface area contributed by atoms with Crippen LogP contribution in [0.15, 0.2) is 50.5 Å². The lowest BCUT2D eigenvalue weighted by molar-refractivity contribution is -0.127. The van der Waals surface area contributed by atoms with Crippen LogP contribution in [0.25, 0.3) is 11.5 Å². The van der Waals surface area contributed by atoms with E-state index in [1.54, 1.807) is 4.90 Å². The molecule has 1 aromatic heterocycles. The maximum absolute atomic E-state index is 12.2. The minimum Gasteiger partial charge on any atom is -0.411 e. The van der Waals surface area contributed by atoms with Crippen molar-refractivity contribution in [2.45, 2.75) is 19.1 Å². The Bertz CT molecular complexity index is 702. The number of thioether (sulfide) groups is 1. The van der Waals surface area contributed by atoms with Gasteiger partial charge in [-0.1, -0.05) is 36.0 Å². The van der Waals surface area contributed by atoms with E-state index in [9.17, 15) is 4.79 Å². The van der Waals surface area contributed by atoms with Crippen LogP contribution in [-0.2, 0) is 4.79 Å². The number of aromatic nitrogens is 2. The standard InChI is InChI=1S/C16H18BrN3O2S/c1-4-20(9-11(2)3)14(21)10-23-16-19-18-15(22-16)12-7-5-6-8-13(12)17/h5-8H,2,4,9-10H2,1,3H3. The van der Waals surface area contributed by atoms with Gasteiger partial charge in [0, 0.05) is 17.6 Å². The fourth-order valence-corrected chi connectivity index (χ4v) is 3.05. The quantitative estimate of drug-likeness (QED) is 0.523. The number of hydrogen-bond donors (Lipinski definition) is 0. The Kier molecular flexibility index (Phi) is 6.41. The van der Waals surface area contributed by atoms with Crippen molar-refractivity contribution in [3.8, 4) is 11.5 Å². The third-order valence-corrected chi connectivity index (χ3v) is 4.52. The van der Waals surface area contributed by atoms with Crippen LogP contribution >= 0.6 is 27.7 Å². The zero-order valence-electron chi connectivity index (χ0n) is 13.1. The van der Waals surface area contributed by atoms with Crippen molar-refractivity contribution >= 4 is 33.6 Å². The maximum atomic E-state index is 12.2. The highest BCUT2D eigenvalue weighted by Crippen LogP contribution is 2.29. The Morgan fingerprint density at radius 2 is 2.13 bits per heavy atom. The van der Waals surface area contributed by atoms with E-state index in [-0.39, 0.29) is 11.7 Å². The number of halogens is 1. The molecule has 1 amide bonds. The van der Waals surface area contributed by atoms with Crippen LogP contribution in [0.1, 0.15) is 13.8 Å². The summed E-state index contributed by atoms with van der Waals surface area (Å²) in [7, 11) is 0. The molecule has 0 saturated carbocycles. The van der Waals surface area contributed by atoms with Gasteiger partial charge >= 0.3 is 0 Å². The van der Waals surface area contributed by atoms with E-state index in [1.165, 1.54) is 11.8 Å². The molecule has 0 spiro atoms. The first kappa shape index (κ1) is 17.7. The lowest BCUT2D eigenvalue weighted by atomic mass is 10.2. The molecule has 2 aromatic rings. The Hall–Kier alpha value is -1.60. The SMILES string of the molecule is C=C(C)CN(CC)C(=O)CSc1nnc(-c2ccccc2Br)o1. The first-order chi connectivity index (χ1) is 11.0. The highest BCUT2D eigenvalue weighted by atomic mass is 79.9. The molecule has 0 aliphatic carbocycles. The lowest BCUT2D eigenvalue weighted by Gasteiger charge is -2.20. The molecule has 122 valence electrons. The topological polar surface area (TPSA) is 59.2 Å². The van der Waals surface area contributed by atoms with Gasteiger partial charge in [0.2, 0.25) is 11.8 Å². The van der Waals surface area contributed by atoms with E-state index in [0.29, 0.717) is 24.2 Å². The van der Waals surface area contributed by atoms with E-state index >= 15 is 0 Å². The molecule has 23 heavy (non-hydrogen) atoms. The van der Waals surface area contributed by atoms with Crippen LogP contribution in [0.4, 0.5) is 0 Å². The smallest absolute Gasteiger partial charge is 0.277 e. The third kappa shape index (κ3) is 4.94. The van der Waals surface area contributed by atoms with Crippen LogP contribution in [-0.4, -0.2) is 39.8 Å². The summed E-state index contributed by atoms with van der Waals surface area (Å²) < 4.78 is 6.50. The number of benzene rings is 1. The molecule has 0 aliphatic rings. The van der Waals surface area contributed by atoms with Gasteiger partial charge < -0.3 is 9.32 Å². The first-order valence-electron chi connectivity index (χ1n) is 7.14. The van der Waals surface area contributed by atoms with Crippen molar-refractivity contribution in [1.29, 1.82) is 0 Å². The molecular weight excluding hydrogens is 378 g/mol. The second kappa shape index (κ2) is 8.31. The molecule has 1 aromatic carbocycles. The number of rotatable bonds is 7. The van der Waals surface area contributed by atoms with Gasteiger partial charge in [-0.15, -0.1) is 10.2 Å².